The van der Waals surface area contributed by atoms with Gasteiger partial charge in [-0.1, -0.05) is 85.8 Å². The Morgan fingerprint density at radius 3 is 1.89 bits per heavy atom. The average molecular weight is 486 g/mol. The molecule has 186 valence electrons. The summed E-state index contributed by atoms with van der Waals surface area (Å²) in [5.41, 5.74) is 4.12. The van der Waals surface area contributed by atoms with E-state index in [4.69, 9.17) is 9.47 Å². The van der Waals surface area contributed by atoms with E-state index in [1.807, 2.05) is 66.7 Å². The zero-order valence-corrected chi connectivity index (χ0v) is 20.8. The molecule has 3 aromatic rings. The van der Waals surface area contributed by atoms with Crippen molar-refractivity contribution in [3.8, 4) is 11.1 Å². The molecule has 3 aromatic carbocycles. The Morgan fingerprint density at radius 2 is 1.36 bits per heavy atom. The Hall–Kier alpha value is -3.77. The van der Waals surface area contributed by atoms with Crippen LogP contribution in [0.1, 0.15) is 43.4 Å². The molecule has 0 bridgehead atoms. The third-order valence-electron chi connectivity index (χ3n) is 6.82. The van der Waals surface area contributed by atoms with E-state index in [9.17, 15) is 14.4 Å². The van der Waals surface area contributed by atoms with E-state index in [1.54, 1.807) is 13.8 Å². The molecule has 0 spiro atoms. The van der Waals surface area contributed by atoms with Crippen LogP contribution in [0.25, 0.3) is 11.1 Å². The maximum absolute atomic E-state index is 13.2. The number of ketones is 1. The molecular weight excluding hydrogens is 454 g/mol. The highest BCUT2D eigenvalue weighted by molar-refractivity contribution is 5.99. The number of benzene rings is 3. The second kappa shape index (κ2) is 10.9. The van der Waals surface area contributed by atoms with Gasteiger partial charge in [0, 0.05) is 6.42 Å². The molecule has 4 rings (SSSR count). The molecule has 1 N–H and O–H groups in total. The lowest BCUT2D eigenvalue weighted by atomic mass is 9.79. The molecule has 1 aliphatic rings. The van der Waals surface area contributed by atoms with Crippen molar-refractivity contribution in [1.82, 2.24) is 5.32 Å². The van der Waals surface area contributed by atoms with Crippen molar-refractivity contribution in [3.05, 3.63) is 95.6 Å². The zero-order valence-electron chi connectivity index (χ0n) is 20.8. The van der Waals surface area contributed by atoms with Gasteiger partial charge in [-0.15, -0.1) is 0 Å². The van der Waals surface area contributed by atoms with Gasteiger partial charge in [0.1, 0.15) is 17.7 Å². The fourth-order valence-corrected chi connectivity index (χ4v) is 5.17. The van der Waals surface area contributed by atoms with Gasteiger partial charge >= 0.3 is 11.9 Å². The summed E-state index contributed by atoms with van der Waals surface area (Å²) in [6.07, 6.45) is 0.0873. The lowest BCUT2D eigenvalue weighted by molar-refractivity contribution is -0.153. The van der Waals surface area contributed by atoms with Crippen LogP contribution in [0, 0.1) is 5.92 Å². The van der Waals surface area contributed by atoms with Gasteiger partial charge in [0.25, 0.3) is 0 Å². The number of carbonyl (C=O) groups is 3. The molecule has 0 saturated carbocycles. The van der Waals surface area contributed by atoms with Gasteiger partial charge < -0.3 is 9.47 Å². The van der Waals surface area contributed by atoms with Gasteiger partial charge in [-0.3, -0.25) is 19.7 Å². The fourth-order valence-electron chi connectivity index (χ4n) is 5.17. The summed E-state index contributed by atoms with van der Waals surface area (Å²) >= 11 is 0. The highest BCUT2D eigenvalue weighted by Crippen LogP contribution is 2.51. The molecule has 0 saturated heterocycles. The molecule has 36 heavy (non-hydrogen) atoms. The molecule has 2 atom stereocenters. The third kappa shape index (κ3) is 4.44. The van der Waals surface area contributed by atoms with Crippen LogP contribution in [-0.2, 0) is 29.4 Å². The van der Waals surface area contributed by atoms with Gasteiger partial charge in [0.15, 0.2) is 0 Å². The fraction of sp³-hybridized carbons (Fsp3) is 0.300. The number of Topliss-reactive ketones (excluding diaryl/α,β-unsaturated/α-hetero) is 1. The van der Waals surface area contributed by atoms with Crippen molar-refractivity contribution in [2.24, 2.45) is 5.92 Å². The molecule has 1 aliphatic carbocycles. The molecule has 0 radical (unpaired) electrons. The zero-order chi connectivity index (χ0) is 25.7. The number of fused-ring (bicyclic) bond motifs is 3. The summed E-state index contributed by atoms with van der Waals surface area (Å²) in [7, 11) is 1.31. The first-order chi connectivity index (χ1) is 17.5. The van der Waals surface area contributed by atoms with E-state index >= 15 is 0 Å². The van der Waals surface area contributed by atoms with Crippen LogP contribution in [0.15, 0.2) is 78.9 Å². The number of hydrogen-bond acceptors (Lipinski definition) is 6. The van der Waals surface area contributed by atoms with E-state index in [2.05, 4.69) is 17.4 Å². The van der Waals surface area contributed by atoms with E-state index in [0.29, 0.717) is 0 Å². The smallest absolute Gasteiger partial charge is 0.322 e. The third-order valence-corrected chi connectivity index (χ3v) is 6.82. The Labute approximate surface area is 211 Å². The number of nitrogens with one attached hydrogen (secondary N) is 1. The Balaban J connectivity index is 1.89. The molecule has 6 heteroatoms. The quantitative estimate of drug-likeness (QED) is 0.333. The minimum Gasteiger partial charge on any atom is -0.468 e. The minimum atomic E-state index is -1.08. The van der Waals surface area contributed by atoms with Crippen LogP contribution in [-0.4, -0.2) is 37.5 Å². The van der Waals surface area contributed by atoms with Crippen LogP contribution in [0.3, 0.4) is 0 Å². The van der Waals surface area contributed by atoms with Gasteiger partial charge in [0.05, 0.1) is 19.3 Å². The second-order valence-corrected chi connectivity index (χ2v) is 8.79. The molecule has 1 unspecified atom stereocenters. The standard InChI is InChI=1S/C30H31NO5/c1-4-27(32)23(28(33)36-5-2)19-26(29(34)35-3)31-30(20-13-7-6-8-14-20)24-17-11-9-15-21(24)22-16-10-12-18-25(22)30/h6-18,23,26,31H,4-5,19H2,1-3H3/t23?,26-/m0/s1. The van der Waals surface area contributed by atoms with Crippen molar-refractivity contribution in [2.45, 2.75) is 38.3 Å². The van der Waals surface area contributed by atoms with Gasteiger partial charge in [-0.25, -0.2) is 0 Å². The van der Waals surface area contributed by atoms with Crippen molar-refractivity contribution in [2.75, 3.05) is 13.7 Å². The van der Waals surface area contributed by atoms with Crippen molar-refractivity contribution < 1.29 is 23.9 Å². The van der Waals surface area contributed by atoms with Crippen LogP contribution in [0.5, 0.6) is 0 Å². The topological polar surface area (TPSA) is 81.7 Å². The van der Waals surface area contributed by atoms with Gasteiger partial charge in [-0.2, -0.15) is 0 Å². The molecule has 0 aliphatic heterocycles. The molecular formula is C30H31NO5. The molecule has 0 aromatic heterocycles. The highest BCUT2D eigenvalue weighted by atomic mass is 16.5. The lowest BCUT2D eigenvalue weighted by Crippen LogP contribution is -2.53. The molecule has 0 fully saturated rings. The average Bonchev–Trinajstić information content (AvgIpc) is 3.21. The maximum Gasteiger partial charge on any atom is 0.322 e. The van der Waals surface area contributed by atoms with Gasteiger partial charge in [0.2, 0.25) is 0 Å². The molecule has 0 amide bonds. The SMILES string of the molecule is CCOC(=O)C(C[C@H](NC1(c2ccccc2)c2ccccc2-c2ccccc21)C(=O)OC)C(=O)CC. The predicted octanol–water partition coefficient (Wildman–Crippen LogP) is 4.64. The number of carbonyl (C=O) groups excluding carboxylic acids is 3. The van der Waals surface area contributed by atoms with E-state index < -0.39 is 29.4 Å². The first kappa shape index (κ1) is 25.3. The minimum absolute atomic E-state index is 0.0723. The molecule has 6 nitrogen and oxygen atoms in total. The summed E-state index contributed by atoms with van der Waals surface area (Å²) < 4.78 is 10.4. The van der Waals surface area contributed by atoms with Gasteiger partial charge in [-0.05, 0) is 41.2 Å². The first-order valence-corrected chi connectivity index (χ1v) is 12.3. The monoisotopic (exact) mass is 485 g/mol. The summed E-state index contributed by atoms with van der Waals surface area (Å²) in [5.74, 6) is -2.53. The number of rotatable bonds is 10. The van der Waals surface area contributed by atoms with Crippen LogP contribution in [0.4, 0.5) is 0 Å². The van der Waals surface area contributed by atoms with E-state index in [1.165, 1.54) is 7.11 Å². The summed E-state index contributed by atoms with van der Waals surface area (Å²) in [6.45, 7) is 3.54. The van der Waals surface area contributed by atoms with E-state index in [0.717, 1.165) is 27.8 Å². The summed E-state index contributed by atoms with van der Waals surface area (Å²) in [4.78, 5) is 38.7. The first-order valence-electron chi connectivity index (χ1n) is 12.3. The summed E-state index contributed by atoms with van der Waals surface area (Å²) in [6, 6.07) is 25.1. The largest absolute Gasteiger partial charge is 0.468 e. The van der Waals surface area contributed by atoms with Crippen molar-refractivity contribution in [1.29, 1.82) is 0 Å². The predicted molar refractivity (Wildman–Crippen MR) is 137 cm³/mol. The number of hydrogen-bond donors (Lipinski definition) is 1. The van der Waals surface area contributed by atoms with Crippen LogP contribution < -0.4 is 5.32 Å². The normalized spacial score (nSPS) is 14.8. The second-order valence-electron chi connectivity index (χ2n) is 8.79. The summed E-state index contributed by atoms with van der Waals surface area (Å²) in [5, 5.41) is 3.58. The van der Waals surface area contributed by atoms with Crippen molar-refractivity contribution >= 4 is 17.7 Å². The van der Waals surface area contributed by atoms with Crippen LogP contribution >= 0.6 is 0 Å². The number of esters is 2. The molecule has 0 heterocycles. The van der Waals surface area contributed by atoms with Crippen LogP contribution in [0.2, 0.25) is 0 Å². The van der Waals surface area contributed by atoms with E-state index in [-0.39, 0.29) is 25.2 Å². The number of ether oxygens (including phenoxy) is 2. The Bertz CT molecular complexity index is 1210. The number of methoxy groups -OCH3 is 1. The Kier molecular flexibility index (Phi) is 7.65. The lowest BCUT2D eigenvalue weighted by Gasteiger charge is -2.37. The Morgan fingerprint density at radius 1 is 0.806 bits per heavy atom. The highest BCUT2D eigenvalue weighted by Gasteiger charge is 2.47. The maximum atomic E-state index is 13.2. The van der Waals surface area contributed by atoms with Crippen molar-refractivity contribution in [3.63, 3.8) is 0 Å².